The van der Waals surface area contributed by atoms with Crippen LogP contribution in [0.2, 0.25) is 5.02 Å². The number of hydrogen-bond donors (Lipinski definition) is 2. The molecule has 3 atom stereocenters. The van der Waals surface area contributed by atoms with Gasteiger partial charge >= 0.3 is 0 Å². The molecular weight excluding hydrogens is 354 g/mol. The number of aromatic amines is 1. The highest BCUT2D eigenvalue weighted by Crippen LogP contribution is 2.47. The number of aromatic nitrogens is 4. The van der Waals surface area contributed by atoms with Crippen molar-refractivity contribution in [1.29, 1.82) is 0 Å². The fourth-order valence-corrected chi connectivity index (χ4v) is 3.45. The summed E-state index contributed by atoms with van der Waals surface area (Å²) in [7, 11) is 0. The van der Waals surface area contributed by atoms with Gasteiger partial charge < -0.3 is 14.8 Å². The fourth-order valence-electron chi connectivity index (χ4n) is 3.28. The number of hydrogen-bond acceptors (Lipinski definition) is 5. The summed E-state index contributed by atoms with van der Waals surface area (Å²) in [5.74, 6) is 2.51. The largest absolute Gasteiger partial charge is 0.344 e. The highest BCUT2D eigenvalue weighted by molar-refractivity contribution is 6.31. The maximum absolute atomic E-state index is 12.5. The van der Waals surface area contributed by atoms with Gasteiger partial charge in [0.2, 0.25) is 11.8 Å². The third-order valence-corrected chi connectivity index (χ3v) is 5.30. The molecular formula is C18H18ClN5O2. The average molecular weight is 372 g/mol. The Labute approximate surface area is 154 Å². The number of amides is 1. The van der Waals surface area contributed by atoms with Crippen LogP contribution in [0.5, 0.6) is 0 Å². The molecule has 2 aliphatic rings. The summed E-state index contributed by atoms with van der Waals surface area (Å²) in [6, 6.07) is 5.25. The number of nitrogens with zero attached hydrogens (tertiary/aromatic N) is 3. The van der Waals surface area contributed by atoms with E-state index in [0.29, 0.717) is 16.8 Å². The van der Waals surface area contributed by atoms with Crippen molar-refractivity contribution in [3.05, 3.63) is 40.8 Å². The predicted octanol–water partition coefficient (Wildman–Crippen LogP) is 3.46. The smallest absolute Gasteiger partial charge is 0.248 e. The molecule has 8 heteroatoms. The fraction of sp³-hybridized carbons (Fsp3) is 0.444. The first-order valence-corrected chi connectivity index (χ1v) is 9.25. The molecule has 2 aliphatic carbocycles. The molecule has 0 spiro atoms. The van der Waals surface area contributed by atoms with Crippen LogP contribution in [0.15, 0.2) is 22.7 Å². The third-order valence-electron chi connectivity index (χ3n) is 5.07. The zero-order chi connectivity index (χ0) is 17.8. The minimum atomic E-state index is -0.293. The first-order valence-electron chi connectivity index (χ1n) is 8.87. The lowest BCUT2D eigenvalue weighted by atomic mass is 10.2. The number of H-pyrrole nitrogens is 1. The topological polar surface area (TPSA) is 96.7 Å². The molecule has 0 bridgehead atoms. The normalized spacial score (nSPS) is 23.2. The second-order valence-electron chi connectivity index (χ2n) is 7.23. The molecule has 3 unspecified atom stereocenters. The van der Waals surface area contributed by atoms with Crippen molar-refractivity contribution in [2.75, 3.05) is 0 Å². The van der Waals surface area contributed by atoms with E-state index >= 15 is 0 Å². The van der Waals surface area contributed by atoms with Crippen LogP contribution in [0.1, 0.15) is 61.6 Å². The molecule has 2 saturated carbocycles. The van der Waals surface area contributed by atoms with E-state index in [0.717, 1.165) is 41.9 Å². The second kappa shape index (κ2) is 5.81. The molecule has 0 aliphatic heterocycles. The molecule has 1 aromatic carbocycles. The van der Waals surface area contributed by atoms with Crippen molar-refractivity contribution in [1.82, 2.24) is 25.4 Å². The van der Waals surface area contributed by atoms with Gasteiger partial charge in [0, 0.05) is 22.8 Å². The second-order valence-corrected chi connectivity index (χ2v) is 7.66. The van der Waals surface area contributed by atoms with Crippen molar-refractivity contribution in [2.45, 2.75) is 44.1 Å². The lowest BCUT2D eigenvalue weighted by Crippen LogP contribution is -2.28. The van der Waals surface area contributed by atoms with Gasteiger partial charge in [-0.3, -0.25) is 4.79 Å². The Balaban J connectivity index is 1.24. The van der Waals surface area contributed by atoms with Crippen LogP contribution >= 0.6 is 11.6 Å². The highest BCUT2D eigenvalue weighted by atomic mass is 35.5. The number of carbonyl (C=O) groups excluding carboxylic acids is 1. The lowest BCUT2D eigenvalue weighted by Gasteiger charge is -2.09. The Kier molecular flexibility index (Phi) is 3.53. The van der Waals surface area contributed by atoms with Crippen LogP contribution < -0.4 is 5.32 Å². The van der Waals surface area contributed by atoms with Gasteiger partial charge in [-0.2, -0.15) is 4.98 Å². The van der Waals surface area contributed by atoms with Crippen LogP contribution in [0.4, 0.5) is 0 Å². The van der Waals surface area contributed by atoms with E-state index in [1.54, 1.807) is 0 Å². The Morgan fingerprint density at radius 2 is 2.23 bits per heavy atom. The van der Waals surface area contributed by atoms with Crippen LogP contribution in [-0.2, 0) is 4.79 Å². The molecule has 3 aromatic rings. The summed E-state index contributed by atoms with van der Waals surface area (Å²) >= 11 is 6.01. The van der Waals surface area contributed by atoms with Gasteiger partial charge in [-0.05, 0) is 44.4 Å². The molecule has 7 nitrogen and oxygen atoms in total. The minimum absolute atomic E-state index is 0.00726. The molecule has 0 radical (unpaired) electrons. The predicted molar refractivity (Wildman–Crippen MR) is 94.8 cm³/mol. The van der Waals surface area contributed by atoms with Crippen molar-refractivity contribution in [2.24, 2.45) is 5.92 Å². The summed E-state index contributed by atoms with van der Waals surface area (Å²) in [6.07, 6.45) is 3.02. The molecule has 2 N–H and O–H groups in total. The van der Waals surface area contributed by atoms with Crippen molar-refractivity contribution < 1.29 is 9.32 Å². The monoisotopic (exact) mass is 371 g/mol. The Bertz CT molecular complexity index is 993. The van der Waals surface area contributed by atoms with Gasteiger partial charge in [-0.25, -0.2) is 4.98 Å². The number of imidazole rings is 1. The quantitative estimate of drug-likeness (QED) is 0.715. The van der Waals surface area contributed by atoms with Gasteiger partial charge in [0.05, 0.1) is 11.0 Å². The van der Waals surface area contributed by atoms with E-state index in [9.17, 15) is 4.79 Å². The average Bonchev–Trinajstić information content (AvgIpc) is 3.53. The van der Waals surface area contributed by atoms with Gasteiger partial charge in [0.25, 0.3) is 0 Å². The molecule has 2 heterocycles. The van der Waals surface area contributed by atoms with Gasteiger partial charge in [-0.1, -0.05) is 16.8 Å². The van der Waals surface area contributed by atoms with Crippen LogP contribution in [0.25, 0.3) is 11.0 Å². The first-order chi connectivity index (χ1) is 12.6. The maximum atomic E-state index is 12.5. The molecule has 134 valence electrons. The SMILES string of the molecule is CC(NC(=O)C1CC1c1nc2ccc(Cl)cc2[nH]1)c1nc(C2CC2)no1. The van der Waals surface area contributed by atoms with Gasteiger partial charge in [0.15, 0.2) is 5.82 Å². The Hall–Kier alpha value is -2.41. The third kappa shape index (κ3) is 2.86. The molecule has 0 saturated heterocycles. The van der Waals surface area contributed by atoms with Crippen LogP contribution in [-0.4, -0.2) is 26.0 Å². The van der Waals surface area contributed by atoms with E-state index in [1.807, 2.05) is 25.1 Å². The van der Waals surface area contributed by atoms with E-state index < -0.39 is 0 Å². The van der Waals surface area contributed by atoms with Crippen molar-refractivity contribution in [3.63, 3.8) is 0 Å². The highest BCUT2D eigenvalue weighted by Gasteiger charge is 2.46. The molecule has 26 heavy (non-hydrogen) atoms. The van der Waals surface area contributed by atoms with Crippen LogP contribution in [0.3, 0.4) is 0 Å². The zero-order valence-electron chi connectivity index (χ0n) is 14.2. The number of benzene rings is 1. The minimum Gasteiger partial charge on any atom is -0.344 e. The molecule has 1 amide bonds. The van der Waals surface area contributed by atoms with Crippen molar-refractivity contribution >= 4 is 28.5 Å². The standard InChI is InChI=1S/C18H18ClN5O2/c1-8(18-23-15(24-26-18)9-2-3-9)20-17(25)12-7-11(12)16-21-13-5-4-10(19)6-14(13)22-16/h4-6,8-9,11-12H,2-3,7H2,1H3,(H,20,25)(H,21,22). The maximum Gasteiger partial charge on any atom is 0.248 e. The Morgan fingerprint density at radius 1 is 1.38 bits per heavy atom. The van der Waals surface area contributed by atoms with Gasteiger partial charge in [0.1, 0.15) is 11.9 Å². The Morgan fingerprint density at radius 3 is 3.04 bits per heavy atom. The van der Waals surface area contributed by atoms with E-state index in [-0.39, 0.29) is 23.8 Å². The summed E-state index contributed by atoms with van der Waals surface area (Å²) < 4.78 is 5.28. The van der Waals surface area contributed by atoms with Gasteiger partial charge in [-0.15, -0.1) is 0 Å². The summed E-state index contributed by atoms with van der Waals surface area (Å²) in [4.78, 5) is 24.8. The summed E-state index contributed by atoms with van der Waals surface area (Å²) in [5, 5.41) is 7.64. The summed E-state index contributed by atoms with van der Waals surface area (Å²) in [5.41, 5.74) is 1.76. The number of rotatable bonds is 5. The van der Waals surface area contributed by atoms with E-state index in [2.05, 4.69) is 25.4 Å². The first kappa shape index (κ1) is 15.8. The molecule has 2 fully saturated rings. The molecule has 5 rings (SSSR count). The zero-order valence-corrected chi connectivity index (χ0v) is 15.0. The van der Waals surface area contributed by atoms with E-state index in [1.165, 1.54) is 0 Å². The number of fused-ring (bicyclic) bond motifs is 1. The molecule has 2 aromatic heterocycles. The number of carbonyl (C=O) groups is 1. The number of halogens is 1. The lowest BCUT2D eigenvalue weighted by molar-refractivity contribution is -0.123. The van der Waals surface area contributed by atoms with E-state index in [4.69, 9.17) is 16.1 Å². The van der Waals surface area contributed by atoms with Crippen molar-refractivity contribution in [3.8, 4) is 0 Å². The summed E-state index contributed by atoms with van der Waals surface area (Å²) in [6.45, 7) is 1.86. The van der Waals surface area contributed by atoms with Crippen LogP contribution in [0, 0.1) is 5.92 Å². The number of nitrogens with one attached hydrogen (secondary N) is 2.